The van der Waals surface area contributed by atoms with Crippen molar-refractivity contribution < 1.29 is 9.53 Å². The predicted octanol–water partition coefficient (Wildman–Crippen LogP) is 1.12. The lowest BCUT2D eigenvalue weighted by molar-refractivity contribution is 0.0290. The number of carbonyl (C=O) groups excluding carboxylic acids is 1. The van der Waals surface area contributed by atoms with Crippen molar-refractivity contribution in [1.82, 2.24) is 4.90 Å². The average Bonchev–Trinajstić information content (AvgIpc) is 2.54. The van der Waals surface area contributed by atoms with Gasteiger partial charge in [-0.3, -0.25) is 0 Å². The standard InChI is InChI=1S/C11H18N2O2/c1-11(2,3)15-10(14)13-5-8-7(4-12)9(8)6-13/h8H,4-6,12H2,1-3H3. The first-order valence-corrected chi connectivity index (χ1v) is 5.32. The minimum Gasteiger partial charge on any atom is -0.444 e. The summed E-state index contributed by atoms with van der Waals surface area (Å²) in [5.41, 5.74) is 7.84. The van der Waals surface area contributed by atoms with Gasteiger partial charge in [0.1, 0.15) is 5.60 Å². The highest BCUT2D eigenvalue weighted by molar-refractivity contribution is 5.71. The molecule has 2 aliphatic rings. The SMILES string of the molecule is CC(C)(C)OC(=O)N1CC2=C(CN)C2C1. The van der Waals surface area contributed by atoms with E-state index in [9.17, 15) is 4.79 Å². The number of hydrogen-bond donors (Lipinski definition) is 1. The van der Waals surface area contributed by atoms with Crippen molar-refractivity contribution in [1.29, 1.82) is 0 Å². The first-order valence-electron chi connectivity index (χ1n) is 5.32. The van der Waals surface area contributed by atoms with E-state index in [1.807, 2.05) is 20.8 Å². The predicted molar refractivity (Wildman–Crippen MR) is 57.4 cm³/mol. The first-order chi connectivity index (χ1) is 6.92. The Labute approximate surface area is 90.1 Å². The van der Waals surface area contributed by atoms with E-state index in [1.165, 1.54) is 11.1 Å². The maximum absolute atomic E-state index is 11.7. The zero-order valence-electron chi connectivity index (χ0n) is 9.54. The third-order valence-electron chi connectivity index (χ3n) is 2.81. The van der Waals surface area contributed by atoms with Gasteiger partial charge in [-0.25, -0.2) is 4.79 Å². The summed E-state index contributed by atoms with van der Waals surface area (Å²) >= 11 is 0. The van der Waals surface area contributed by atoms with Gasteiger partial charge in [0.15, 0.2) is 0 Å². The summed E-state index contributed by atoms with van der Waals surface area (Å²) in [6.45, 7) is 7.76. The second-order valence-electron chi connectivity index (χ2n) is 5.17. The summed E-state index contributed by atoms with van der Waals surface area (Å²) in [5.74, 6) is 0.475. The Hall–Kier alpha value is -1.03. The Morgan fingerprint density at radius 2 is 2.27 bits per heavy atom. The number of hydrogen-bond acceptors (Lipinski definition) is 3. The minimum absolute atomic E-state index is 0.210. The number of carbonyl (C=O) groups is 1. The molecule has 2 rings (SSSR count). The Morgan fingerprint density at radius 1 is 1.60 bits per heavy atom. The summed E-state index contributed by atoms with van der Waals surface area (Å²) in [5, 5.41) is 0. The lowest BCUT2D eigenvalue weighted by Crippen LogP contribution is -2.36. The van der Waals surface area contributed by atoms with Crippen molar-refractivity contribution in [2.24, 2.45) is 11.7 Å². The fourth-order valence-electron chi connectivity index (χ4n) is 2.04. The largest absolute Gasteiger partial charge is 0.444 e. The summed E-state index contributed by atoms with van der Waals surface area (Å²) in [7, 11) is 0. The van der Waals surface area contributed by atoms with E-state index in [4.69, 9.17) is 10.5 Å². The molecule has 0 aromatic rings. The van der Waals surface area contributed by atoms with E-state index in [2.05, 4.69) is 0 Å². The zero-order chi connectivity index (χ0) is 11.2. The summed E-state index contributed by atoms with van der Waals surface area (Å²) < 4.78 is 5.29. The van der Waals surface area contributed by atoms with Crippen LogP contribution >= 0.6 is 0 Å². The number of nitrogens with zero attached hydrogens (tertiary/aromatic N) is 1. The molecule has 84 valence electrons. The van der Waals surface area contributed by atoms with Crippen LogP contribution in [0.5, 0.6) is 0 Å². The number of rotatable bonds is 1. The van der Waals surface area contributed by atoms with E-state index >= 15 is 0 Å². The Bertz CT molecular complexity index is 328. The minimum atomic E-state index is -0.408. The molecule has 2 N–H and O–H groups in total. The molecular weight excluding hydrogens is 192 g/mol. The topological polar surface area (TPSA) is 55.6 Å². The second kappa shape index (κ2) is 3.23. The molecule has 1 fully saturated rings. The van der Waals surface area contributed by atoms with Crippen LogP contribution in [0.3, 0.4) is 0 Å². The van der Waals surface area contributed by atoms with Crippen LogP contribution in [0.15, 0.2) is 11.1 Å². The van der Waals surface area contributed by atoms with E-state index in [0.717, 1.165) is 6.54 Å². The van der Waals surface area contributed by atoms with Gasteiger partial charge < -0.3 is 15.4 Å². The Balaban J connectivity index is 1.88. The van der Waals surface area contributed by atoms with Crippen LogP contribution in [0, 0.1) is 5.92 Å². The molecule has 1 aliphatic heterocycles. The maximum atomic E-state index is 11.7. The molecule has 0 aromatic heterocycles. The van der Waals surface area contributed by atoms with Crippen LogP contribution in [0.2, 0.25) is 0 Å². The van der Waals surface area contributed by atoms with Gasteiger partial charge in [0.05, 0.1) is 0 Å². The molecular formula is C11H18N2O2. The maximum Gasteiger partial charge on any atom is 0.410 e. The molecule has 1 aliphatic carbocycles. The van der Waals surface area contributed by atoms with Crippen LogP contribution in [-0.4, -0.2) is 36.2 Å². The molecule has 1 amide bonds. The zero-order valence-corrected chi connectivity index (χ0v) is 9.54. The van der Waals surface area contributed by atoms with Gasteiger partial charge >= 0.3 is 6.09 Å². The molecule has 0 spiro atoms. The van der Waals surface area contributed by atoms with Gasteiger partial charge in [0.25, 0.3) is 0 Å². The summed E-state index contributed by atoms with van der Waals surface area (Å²) in [6, 6.07) is 0. The van der Waals surface area contributed by atoms with Crippen molar-refractivity contribution in [3.8, 4) is 0 Å². The van der Waals surface area contributed by atoms with Crippen LogP contribution in [0.4, 0.5) is 4.79 Å². The van der Waals surface area contributed by atoms with Gasteiger partial charge in [-0.05, 0) is 31.9 Å². The van der Waals surface area contributed by atoms with Crippen LogP contribution in [-0.2, 0) is 4.74 Å². The van der Waals surface area contributed by atoms with Gasteiger partial charge in [0.2, 0.25) is 0 Å². The lowest BCUT2D eigenvalue weighted by Gasteiger charge is -2.24. The van der Waals surface area contributed by atoms with Crippen LogP contribution in [0.1, 0.15) is 20.8 Å². The van der Waals surface area contributed by atoms with Gasteiger partial charge in [0, 0.05) is 25.6 Å². The highest BCUT2D eigenvalue weighted by Crippen LogP contribution is 2.44. The molecule has 0 aromatic carbocycles. The molecule has 1 unspecified atom stereocenters. The average molecular weight is 210 g/mol. The Kier molecular flexibility index (Phi) is 2.26. The molecule has 0 radical (unpaired) electrons. The fraction of sp³-hybridized carbons (Fsp3) is 0.727. The smallest absolute Gasteiger partial charge is 0.410 e. The highest BCUT2D eigenvalue weighted by atomic mass is 16.6. The highest BCUT2D eigenvalue weighted by Gasteiger charge is 2.45. The van der Waals surface area contributed by atoms with Crippen molar-refractivity contribution >= 4 is 6.09 Å². The summed E-state index contributed by atoms with van der Waals surface area (Å²) in [4.78, 5) is 13.4. The lowest BCUT2D eigenvalue weighted by atomic mass is 10.2. The number of fused-ring (bicyclic) bond motifs is 1. The molecule has 4 heteroatoms. The fourth-order valence-corrected chi connectivity index (χ4v) is 2.04. The van der Waals surface area contributed by atoms with Gasteiger partial charge in [-0.2, -0.15) is 0 Å². The molecule has 0 bridgehead atoms. The summed E-state index contributed by atoms with van der Waals surface area (Å²) in [6.07, 6.45) is -0.210. The van der Waals surface area contributed by atoms with Crippen molar-refractivity contribution in [3.05, 3.63) is 11.1 Å². The monoisotopic (exact) mass is 210 g/mol. The van der Waals surface area contributed by atoms with E-state index in [1.54, 1.807) is 4.90 Å². The Morgan fingerprint density at radius 3 is 2.67 bits per heavy atom. The normalized spacial score (nSPS) is 24.3. The molecule has 4 nitrogen and oxygen atoms in total. The third-order valence-corrected chi connectivity index (χ3v) is 2.81. The van der Waals surface area contributed by atoms with E-state index in [0.29, 0.717) is 19.0 Å². The second-order valence-corrected chi connectivity index (χ2v) is 5.17. The molecule has 0 saturated carbocycles. The molecule has 1 saturated heterocycles. The number of likely N-dealkylation sites (tertiary alicyclic amines) is 1. The van der Waals surface area contributed by atoms with Crippen LogP contribution in [0.25, 0.3) is 0 Å². The van der Waals surface area contributed by atoms with Crippen molar-refractivity contribution in [3.63, 3.8) is 0 Å². The molecule has 1 atom stereocenters. The van der Waals surface area contributed by atoms with E-state index in [-0.39, 0.29) is 6.09 Å². The van der Waals surface area contributed by atoms with Crippen molar-refractivity contribution in [2.75, 3.05) is 19.6 Å². The third kappa shape index (κ3) is 2.00. The van der Waals surface area contributed by atoms with Gasteiger partial charge in [-0.1, -0.05) is 0 Å². The van der Waals surface area contributed by atoms with Crippen molar-refractivity contribution in [2.45, 2.75) is 26.4 Å². The molecule has 15 heavy (non-hydrogen) atoms. The quantitative estimate of drug-likeness (QED) is 0.660. The first kappa shape index (κ1) is 10.5. The number of amides is 1. The molecule has 1 heterocycles. The van der Waals surface area contributed by atoms with E-state index < -0.39 is 5.60 Å². The van der Waals surface area contributed by atoms with Gasteiger partial charge in [-0.15, -0.1) is 0 Å². The number of nitrogens with two attached hydrogens (primary N) is 1. The van der Waals surface area contributed by atoms with Crippen LogP contribution < -0.4 is 5.73 Å². The number of ether oxygens (including phenoxy) is 1.